The maximum atomic E-state index is 14.5. The molecule has 0 unspecified atom stereocenters. The second-order valence-corrected chi connectivity index (χ2v) is 8.56. The van der Waals surface area contributed by atoms with Gasteiger partial charge in [-0.15, -0.1) is 0 Å². The molecule has 9 nitrogen and oxygen atoms in total. The van der Waals surface area contributed by atoms with Crippen molar-refractivity contribution in [2.75, 3.05) is 25.0 Å². The van der Waals surface area contributed by atoms with Gasteiger partial charge in [0.25, 0.3) is 17.4 Å². The van der Waals surface area contributed by atoms with Crippen molar-refractivity contribution < 1.29 is 42.0 Å². The number of carbonyl (C=O) groups excluding carboxylic acids is 3. The Morgan fingerprint density at radius 3 is 2.28 bits per heavy atom. The van der Waals surface area contributed by atoms with Crippen LogP contribution in [-0.2, 0) is 20.8 Å². The number of hydrogen-bond donors (Lipinski definition) is 2. The summed E-state index contributed by atoms with van der Waals surface area (Å²) in [5.41, 5.74) is 1.09. The molecule has 0 radical (unpaired) electrons. The third-order valence-corrected chi connectivity index (χ3v) is 5.82. The van der Waals surface area contributed by atoms with Crippen LogP contribution in [0.3, 0.4) is 0 Å². The van der Waals surface area contributed by atoms with E-state index < -0.39 is 29.8 Å². The number of anilines is 1. The van der Waals surface area contributed by atoms with E-state index in [1.165, 1.54) is 28.8 Å². The number of aromatic nitrogens is 2. The zero-order chi connectivity index (χ0) is 26.9. The molecule has 3 heterocycles. The van der Waals surface area contributed by atoms with E-state index in [0.29, 0.717) is 11.3 Å². The van der Waals surface area contributed by atoms with Crippen molar-refractivity contribution in [3.05, 3.63) is 68.1 Å². The fraction of sp³-hybridized carbons (Fsp3) is 0.238. The number of rotatable bonds is 3. The minimum atomic E-state index is -5.19. The highest BCUT2D eigenvalue weighted by molar-refractivity contribution is 6.42. The molecule has 0 aliphatic carbocycles. The first-order valence-electron chi connectivity index (χ1n) is 10.0. The lowest BCUT2D eigenvalue weighted by molar-refractivity contribution is -0.863. The Bertz CT molecular complexity index is 1400. The van der Waals surface area contributed by atoms with Crippen molar-refractivity contribution in [3.63, 3.8) is 0 Å². The molecule has 1 aliphatic heterocycles. The molecule has 1 fully saturated rings. The summed E-state index contributed by atoms with van der Waals surface area (Å²) in [5.74, 6) is -4.58. The van der Waals surface area contributed by atoms with E-state index in [-0.39, 0.29) is 46.4 Å². The number of aromatic amines is 1. The predicted molar refractivity (Wildman–Crippen MR) is 117 cm³/mol. The highest BCUT2D eigenvalue weighted by Gasteiger charge is 2.35. The first-order chi connectivity index (χ1) is 16.7. The van der Waals surface area contributed by atoms with Gasteiger partial charge in [-0.25, -0.2) is 9.29 Å². The Morgan fingerprint density at radius 2 is 1.72 bits per heavy atom. The number of fused-ring (bicyclic) bond motifs is 1. The van der Waals surface area contributed by atoms with Crippen molar-refractivity contribution in [2.24, 2.45) is 0 Å². The number of carboxylic acids is 1. The van der Waals surface area contributed by atoms with Gasteiger partial charge in [-0.05, 0) is 23.8 Å². The number of imide groups is 1. The summed E-state index contributed by atoms with van der Waals surface area (Å²) in [5, 5.41) is 9.21. The lowest BCUT2D eigenvalue weighted by Gasteiger charge is -2.28. The fourth-order valence-electron chi connectivity index (χ4n) is 3.52. The zero-order valence-corrected chi connectivity index (χ0v) is 19.7. The van der Waals surface area contributed by atoms with Crippen LogP contribution in [0.2, 0.25) is 10.2 Å². The second kappa shape index (κ2) is 10.3. The molecule has 2 N–H and O–H groups in total. The third kappa shape index (κ3) is 5.69. The number of amides is 2. The van der Waals surface area contributed by atoms with Crippen molar-refractivity contribution >= 4 is 52.2 Å². The van der Waals surface area contributed by atoms with Gasteiger partial charge < -0.3 is 19.8 Å². The third-order valence-electron chi connectivity index (χ3n) is 5.06. The normalized spacial score (nSPS) is 14.7. The van der Waals surface area contributed by atoms with Gasteiger partial charge in [0.1, 0.15) is 22.5 Å². The molecule has 3 aromatic rings. The Hall–Kier alpha value is -3.42. The second-order valence-electron chi connectivity index (χ2n) is 7.79. The van der Waals surface area contributed by atoms with Gasteiger partial charge in [0.2, 0.25) is 0 Å². The number of alkyl halides is 3. The molecule has 0 bridgehead atoms. The van der Waals surface area contributed by atoms with Gasteiger partial charge in [-0.2, -0.15) is 13.2 Å². The number of aliphatic carboxylic acids is 1. The maximum Gasteiger partial charge on any atom is 0.430 e. The topological polar surface area (TPSA) is 119 Å². The number of quaternary nitrogens is 1. The number of halogens is 6. The van der Waals surface area contributed by atoms with Crippen molar-refractivity contribution in [2.45, 2.75) is 12.6 Å². The summed E-state index contributed by atoms with van der Waals surface area (Å²) in [6.07, 6.45) is -3.44. The zero-order valence-electron chi connectivity index (χ0n) is 18.2. The van der Waals surface area contributed by atoms with E-state index in [2.05, 4.69) is 4.98 Å². The standard InChI is InChI=1S/C19H15Cl2FN4O3.C2HF3O2/c1-24-8-16(27)26(17(28)9-24)14-5-10(2-3-13(14)22)4-11-7-23-19(29)15-6-12(20)18(21)25(11)15;3-2(4,5)1(6)7/h2-3,5-7H,4,8-9H2,1H3,(H,23,29);(H,6,7). The van der Waals surface area contributed by atoms with Gasteiger partial charge in [0.15, 0.2) is 13.1 Å². The first kappa shape index (κ1) is 27.2. The van der Waals surface area contributed by atoms with Crippen LogP contribution < -0.4 is 20.5 Å². The summed E-state index contributed by atoms with van der Waals surface area (Å²) in [6, 6.07) is 5.68. The number of H-pyrrole nitrogens is 1. The molecular formula is C21H16Cl2F4N4O5. The molecule has 192 valence electrons. The largest absolute Gasteiger partial charge is 0.542 e. The van der Waals surface area contributed by atoms with E-state index in [1.54, 1.807) is 13.1 Å². The minimum Gasteiger partial charge on any atom is -0.542 e. The SMILES string of the molecule is C[NH+]1CC(=O)N(c2cc(Cc3c[nH]c(=O)c4cc(Cl)c(Cl)n34)ccc2F)C(=O)C1.O=C([O-])C(F)(F)F. The van der Waals surface area contributed by atoms with E-state index in [4.69, 9.17) is 33.1 Å². The van der Waals surface area contributed by atoms with Gasteiger partial charge in [0, 0.05) is 18.3 Å². The Kier molecular flexibility index (Phi) is 7.76. The van der Waals surface area contributed by atoms with Crippen LogP contribution in [0.15, 0.2) is 35.3 Å². The van der Waals surface area contributed by atoms with E-state index >= 15 is 0 Å². The Balaban J connectivity index is 0.000000454. The summed E-state index contributed by atoms with van der Waals surface area (Å²) in [4.78, 5) is 49.8. The molecule has 4 rings (SSSR count). The van der Waals surface area contributed by atoms with Crippen LogP contribution in [0.25, 0.3) is 5.52 Å². The number of hydrogen-bond acceptors (Lipinski definition) is 5. The van der Waals surface area contributed by atoms with Crippen LogP contribution in [0, 0.1) is 5.82 Å². The molecule has 1 saturated heterocycles. The van der Waals surface area contributed by atoms with Crippen molar-refractivity contribution in [1.29, 1.82) is 0 Å². The fourth-order valence-corrected chi connectivity index (χ4v) is 3.96. The van der Waals surface area contributed by atoms with Gasteiger partial charge in [-0.1, -0.05) is 29.3 Å². The molecule has 0 spiro atoms. The lowest BCUT2D eigenvalue weighted by Crippen LogP contribution is -3.13. The Morgan fingerprint density at radius 1 is 1.14 bits per heavy atom. The molecule has 36 heavy (non-hydrogen) atoms. The number of piperazine rings is 1. The van der Waals surface area contributed by atoms with Gasteiger partial charge in [0.05, 0.1) is 17.8 Å². The molecule has 1 aromatic carbocycles. The average molecular weight is 551 g/mol. The van der Waals surface area contributed by atoms with Crippen LogP contribution >= 0.6 is 23.2 Å². The number of likely N-dealkylation sites (N-methyl/N-ethyl adjacent to an activating group) is 1. The molecule has 1 aliphatic rings. The summed E-state index contributed by atoms with van der Waals surface area (Å²) in [6.45, 7) is 0.209. The van der Waals surface area contributed by atoms with Crippen molar-refractivity contribution in [1.82, 2.24) is 9.38 Å². The number of benzene rings is 1. The van der Waals surface area contributed by atoms with E-state index in [9.17, 15) is 31.9 Å². The first-order valence-corrected chi connectivity index (χ1v) is 10.8. The minimum absolute atomic E-state index is 0.0812. The summed E-state index contributed by atoms with van der Waals surface area (Å²) < 4.78 is 47.5. The highest BCUT2D eigenvalue weighted by atomic mass is 35.5. The van der Waals surface area contributed by atoms with Crippen LogP contribution in [-0.4, -0.2) is 53.5 Å². The number of carboxylic acid groups (broad SMARTS) is 1. The van der Waals surface area contributed by atoms with Crippen LogP contribution in [0.4, 0.5) is 23.2 Å². The van der Waals surface area contributed by atoms with Crippen LogP contribution in [0.5, 0.6) is 0 Å². The average Bonchev–Trinajstić information content (AvgIpc) is 3.07. The highest BCUT2D eigenvalue weighted by Crippen LogP contribution is 2.28. The molecule has 0 saturated carbocycles. The van der Waals surface area contributed by atoms with Gasteiger partial charge in [-0.3, -0.25) is 18.8 Å². The lowest BCUT2D eigenvalue weighted by atomic mass is 10.1. The quantitative estimate of drug-likeness (QED) is 0.360. The Labute approximate surface area is 209 Å². The summed E-state index contributed by atoms with van der Waals surface area (Å²) in [7, 11) is 1.73. The monoisotopic (exact) mass is 550 g/mol. The summed E-state index contributed by atoms with van der Waals surface area (Å²) >= 11 is 12.3. The molecule has 15 heteroatoms. The number of nitrogens with zero attached hydrogens (tertiary/aromatic N) is 2. The molecule has 2 aromatic heterocycles. The molecular weight excluding hydrogens is 535 g/mol. The van der Waals surface area contributed by atoms with E-state index in [1.807, 2.05) is 0 Å². The molecule has 2 amide bonds. The van der Waals surface area contributed by atoms with Gasteiger partial charge >= 0.3 is 6.18 Å². The number of carbonyl (C=O) groups is 3. The van der Waals surface area contributed by atoms with E-state index in [0.717, 1.165) is 9.80 Å². The molecule has 0 atom stereocenters. The predicted octanol–water partition coefficient (Wildman–Crippen LogP) is 0.351. The maximum absolute atomic E-state index is 14.5. The smallest absolute Gasteiger partial charge is 0.430 e. The number of nitrogens with one attached hydrogen (secondary N) is 2. The van der Waals surface area contributed by atoms with Crippen molar-refractivity contribution in [3.8, 4) is 0 Å². The van der Waals surface area contributed by atoms with Crippen LogP contribution in [0.1, 0.15) is 11.3 Å².